The Labute approximate surface area is 54.3 Å². The van der Waals surface area contributed by atoms with Crippen LogP contribution >= 0.6 is 0 Å². The minimum absolute atomic E-state index is 0.0938. The lowest BCUT2D eigenvalue weighted by atomic mass is 9.91. The molecule has 0 amide bonds. The summed E-state index contributed by atoms with van der Waals surface area (Å²) >= 11 is 0. The van der Waals surface area contributed by atoms with Crippen LogP contribution in [0.15, 0.2) is 0 Å². The molecule has 3 heteroatoms. The normalized spacial score (nSPS) is 12.1. The molecule has 0 spiro atoms. The average Bonchev–Trinajstić information content (AvgIpc) is 1.63. The molecule has 0 aliphatic carbocycles. The van der Waals surface area contributed by atoms with E-state index in [2.05, 4.69) is 0 Å². The van der Waals surface area contributed by atoms with E-state index in [9.17, 15) is 4.79 Å². The standard InChI is InChI=1S/C6H12O3/c1-6(2,4-7)3-5(8)9/h4-5,8-9H,3H2,1-2H3. The van der Waals surface area contributed by atoms with Crippen molar-refractivity contribution in [1.29, 1.82) is 0 Å². The Balaban J connectivity index is 3.71. The first-order chi connectivity index (χ1) is 3.98. The van der Waals surface area contributed by atoms with Crippen LogP contribution < -0.4 is 0 Å². The summed E-state index contributed by atoms with van der Waals surface area (Å²) in [6.45, 7) is 3.30. The zero-order valence-electron chi connectivity index (χ0n) is 5.66. The molecule has 0 saturated carbocycles. The van der Waals surface area contributed by atoms with Gasteiger partial charge in [-0.05, 0) is 0 Å². The van der Waals surface area contributed by atoms with Crippen LogP contribution in [0.1, 0.15) is 20.3 Å². The fourth-order valence-electron chi connectivity index (χ4n) is 0.519. The van der Waals surface area contributed by atoms with Crippen molar-refractivity contribution in [3.05, 3.63) is 0 Å². The Hall–Kier alpha value is -0.410. The van der Waals surface area contributed by atoms with E-state index in [1.807, 2.05) is 0 Å². The monoisotopic (exact) mass is 132 g/mol. The van der Waals surface area contributed by atoms with Crippen LogP contribution in [0.5, 0.6) is 0 Å². The second-order valence-corrected chi connectivity index (χ2v) is 2.79. The van der Waals surface area contributed by atoms with Crippen molar-refractivity contribution in [2.45, 2.75) is 26.6 Å². The molecule has 0 atom stereocenters. The van der Waals surface area contributed by atoms with Crippen LogP contribution in [0.4, 0.5) is 0 Å². The lowest BCUT2D eigenvalue weighted by Crippen LogP contribution is -2.21. The van der Waals surface area contributed by atoms with E-state index in [1.165, 1.54) is 0 Å². The van der Waals surface area contributed by atoms with Crippen molar-refractivity contribution < 1.29 is 15.0 Å². The van der Waals surface area contributed by atoms with Crippen LogP contribution in [0.25, 0.3) is 0 Å². The summed E-state index contributed by atoms with van der Waals surface area (Å²) in [7, 11) is 0. The molecule has 2 N–H and O–H groups in total. The minimum atomic E-state index is -1.38. The first-order valence-electron chi connectivity index (χ1n) is 2.80. The average molecular weight is 132 g/mol. The van der Waals surface area contributed by atoms with Gasteiger partial charge in [0, 0.05) is 11.8 Å². The quantitative estimate of drug-likeness (QED) is 0.417. The molecule has 0 rings (SSSR count). The Morgan fingerprint density at radius 3 is 2.11 bits per heavy atom. The summed E-state index contributed by atoms with van der Waals surface area (Å²) in [4.78, 5) is 10.1. The van der Waals surface area contributed by atoms with E-state index in [4.69, 9.17) is 10.2 Å². The van der Waals surface area contributed by atoms with Crippen LogP contribution in [0.2, 0.25) is 0 Å². The van der Waals surface area contributed by atoms with Gasteiger partial charge in [-0.15, -0.1) is 0 Å². The molecular formula is C6H12O3. The summed E-state index contributed by atoms with van der Waals surface area (Å²) in [6, 6.07) is 0. The molecule has 54 valence electrons. The van der Waals surface area contributed by atoms with Gasteiger partial charge in [0.1, 0.15) is 6.29 Å². The number of carbonyl (C=O) groups excluding carboxylic acids is 1. The number of hydrogen-bond acceptors (Lipinski definition) is 3. The van der Waals surface area contributed by atoms with Gasteiger partial charge in [-0.1, -0.05) is 13.8 Å². The second kappa shape index (κ2) is 2.94. The molecule has 0 aromatic rings. The van der Waals surface area contributed by atoms with Gasteiger partial charge in [0.25, 0.3) is 0 Å². The van der Waals surface area contributed by atoms with E-state index in [-0.39, 0.29) is 6.42 Å². The predicted octanol–water partition coefficient (Wildman–Crippen LogP) is -0.0877. The SMILES string of the molecule is CC(C)(C=O)CC(O)O. The third kappa shape index (κ3) is 4.12. The second-order valence-electron chi connectivity index (χ2n) is 2.79. The van der Waals surface area contributed by atoms with Gasteiger partial charge in [0.05, 0.1) is 0 Å². The van der Waals surface area contributed by atoms with Gasteiger partial charge in [-0.25, -0.2) is 0 Å². The number of hydrogen-bond donors (Lipinski definition) is 2. The first kappa shape index (κ1) is 8.59. The summed E-state index contributed by atoms with van der Waals surface area (Å²) in [5.41, 5.74) is -0.617. The smallest absolute Gasteiger partial charge is 0.152 e. The highest BCUT2D eigenvalue weighted by atomic mass is 16.5. The summed E-state index contributed by atoms with van der Waals surface area (Å²) in [5, 5.41) is 16.8. The Morgan fingerprint density at radius 2 is 2.00 bits per heavy atom. The van der Waals surface area contributed by atoms with E-state index >= 15 is 0 Å². The number of aldehydes is 1. The van der Waals surface area contributed by atoms with Gasteiger partial charge >= 0.3 is 0 Å². The van der Waals surface area contributed by atoms with Crippen molar-refractivity contribution >= 4 is 6.29 Å². The number of rotatable bonds is 3. The van der Waals surface area contributed by atoms with Crippen LogP contribution in [0, 0.1) is 5.41 Å². The number of aliphatic hydroxyl groups excluding tert-OH is 1. The van der Waals surface area contributed by atoms with Crippen molar-refractivity contribution in [2.24, 2.45) is 5.41 Å². The van der Waals surface area contributed by atoms with Gasteiger partial charge < -0.3 is 15.0 Å². The fraction of sp³-hybridized carbons (Fsp3) is 0.833. The zero-order chi connectivity index (χ0) is 7.49. The van der Waals surface area contributed by atoms with E-state index in [1.54, 1.807) is 13.8 Å². The molecule has 0 radical (unpaired) electrons. The number of carbonyl (C=O) groups is 1. The minimum Gasteiger partial charge on any atom is -0.368 e. The van der Waals surface area contributed by atoms with Gasteiger partial charge in [-0.2, -0.15) is 0 Å². The summed E-state index contributed by atoms with van der Waals surface area (Å²) in [6.07, 6.45) is -0.576. The highest BCUT2D eigenvalue weighted by Crippen LogP contribution is 2.17. The molecule has 0 fully saturated rings. The van der Waals surface area contributed by atoms with E-state index in [0.29, 0.717) is 6.29 Å². The molecule has 0 aromatic heterocycles. The lowest BCUT2D eigenvalue weighted by molar-refractivity contribution is -0.121. The van der Waals surface area contributed by atoms with Crippen LogP contribution in [-0.2, 0) is 4.79 Å². The highest BCUT2D eigenvalue weighted by molar-refractivity contribution is 5.57. The molecule has 9 heavy (non-hydrogen) atoms. The maximum atomic E-state index is 10.1. The lowest BCUT2D eigenvalue weighted by Gasteiger charge is -2.16. The largest absolute Gasteiger partial charge is 0.368 e. The van der Waals surface area contributed by atoms with E-state index in [0.717, 1.165) is 0 Å². The van der Waals surface area contributed by atoms with E-state index < -0.39 is 11.7 Å². The molecule has 0 unspecified atom stereocenters. The van der Waals surface area contributed by atoms with Crippen molar-refractivity contribution in [1.82, 2.24) is 0 Å². The summed E-state index contributed by atoms with van der Waals surface area (Å²) < 4.78 is 0. The molecule has 0 heterocycles. The van der Waals surface area contributed by atoms with Gasteiger partial charge in [-0.3, -0.25) is 0 Å². The topological polar surface area (TPSA) is 57.5 Å². The van der Waals surface area contributed by atoms with Crippen molar-refractivity contribution in [3.63, 3.8) is 0 Å². The Kier molecular flexibility index (Phi) is 2.81. The van der Waals surface area contributed by atoms with Crippen LogP contribution in [-0.4, -0.2) is 22.8 Å². The first-order valence-corrected chi connectivity index (χ1v) is 2.80. The third-order valence-electron chi connectivity index (χ3n) is 1.03. The fourth-order valence-corrected chi connectivity index (χ4v) is 0.519. The highest BCUT2D eigenvalue weighted by Gasteiger charge is 2.19. The summed E-state index contributed by atoms with van der Waals surface area (Å²) in [5.74, 6) is 0. The molecule has 3 nitrogen and oxygen atoms in total. The molecule has 0 aliphatic rings. The maximum absolute atomic E-state index is 10.1. The van der Waals surface area contributed by atoms with Crippen LogP contribution in [0.3, 0.4) is 0 Å². The van der Waals surface area contributed by atoms with Gasteiger partial charge in [0.15, 0.2) is 6.29 Å². The third-order valence-corrected chi connectivity index (χ3v) is 1.03. The molecule has 0 aliphatic heterocycles. The predicted molar refractivity (Wildman–Crippen MR) is 32.7 cm³/mol. The van der Waals surface area contributed by atoms with Crippen molar-refractivity contribution in [2.75, 3.05) is 0 Å². The van der Waals surface area contributed by atoms with Gasteiger partial charge in [0.2, 0.25) is 0 Å². The number of aliphatic hydroxyl groups is 2. The Bertz CT molecular complexity index is 96.5. The maximum Gasteiger partial charge on any atom is 0.152 e. The molecule has 0 aromatic carbocycles. The Morgan fingerprint density at radius 1 is 1.56 bits per heavy atom. The zero-order valence-corrected chi connectivity index (χ0v) is 5.66. The molecular weight excluding hydrogens is 120 g/mol. The molecule has 0 bridgehead atoms. The van der Waals surface area contributed by atoms with Crippen molar-refractivity contribution in [3.8, 4) is 0 Å². The molecule has 0 saturated heterocycles.